The van der Waals surface area contributed by atoms with E-state index in [1.54, 1.807) is 11.1 Å². The molecule has 25 heavy (non-hydrogen) atoms. The maximum atomic E-state index is 12.3. The molecule has 0 aliphatic carbocycles. The number of aromatic nitrogens is 2. The first kappa shape index (κ1) is 17.5. The van der Waals surface area contributed by atoms with E-state index in [2.05, 4.69) is 33.9 Å². The Hall–Kier alpha value is -2.34. The Labute approximate surface area is 148 Å². The molecule has 0 radical (unpaired) electrons. The molecule has 2 heterocycles. The van der Waals surface area contributed by atoms with Gasteiger partial charge in [-0.1, -0.05) is 37.3 Å². The van der Waals surface area contributed by atoms with Gasteiger partial charge in [0.2, 0.25) is 0 Å². The number of imidazole rings is 1. The summed E-state index contributed by atoms with van der Waals surface area (Å²) < 4.78 is 2.11. The van der Waals surface area contributed by atoms with Crippen molar-refractivity contribution >= 4 is 6.03 Å². The molecule has 1 aliphatic rings. The summed E-state index contributed by atoms with van der Waals surface area (Å²) in [5.41, 5.74) is 1.22. The van der Waals surface area contributed by atoms with Crippen molar-refractivity contribution in [2.24, 2.45) is 5.92 Å². The molecule has 0 spiro atoms. The van der Waals surface area contributed by atoms with Crippen LogP contribution in [0.25, 0.3) is 0 Å². The molecule has 6 heteroatoms. The smallest absolute Gasteiger partial charge is 0.317 e. The van der Waals surface area contributed by atoms with Gasteiger partial charge in [-0.15, -0.1) is 0 Å². The fourth-order valence-electron chi connectivity index (χ4n) is 3.41. The molecule has 2 atom stereocenters. The summed E-state index contributed by atoms with van der Waals surface area (Å²) in [6.07, 6.45) is 5.39. The second kappa shape index (κ2) is 8.16. The monoisotopic (exact) mass is 342 g/mol. The number of rotatable bonds is 6. The number of likely N-dealkylation sites (tertiary alicyclic amines) is 1. The fraction of sp³-hybridized carbons (Fsp3) is 0.474. The molecule has 1 fully saturated rings. The third-order valence-electron chi connectivity index (χ3n) is 4.95. The summed E-state index contributed by atoms with van der Waals surface area (Å²) in [5.74, 6) is 1.30. The highest BCUT2D eigenvalue weighted by atomic mass is 16.3. The van der Waals surface area contributed by atoms with E-state index in [1.807, 2.05) is 24.4 Å². The highest BCUT2D eigenvalue weighted by molar-refractivity contribution is 5.74. The predicted octanol–water partition coefficient (Wildman–Crippen LogP) is 1.89. The van der Waals surface area contributed by atoms with Crippen LogP contribution in [0.1, 0.15) is 24.7 Å². The number of amides is 2. The van der Waals surface area contributed by atoms with E-state index in [9.17, 15) is 9.90 Å². The molecule has 2 aromatic rings. The zero-order valence-corrected chi connectivity index (χ0v) is 14.6. The average molecular weight is 342 g/mol. The number of hydrogen-bond donors (Lipinski definition) is 2. The molecule has 134 valence electrons. The summed E-state index contributed by atoms with van der Waals surface area (Å²) in [6.45, 7) is 4.12. The van der Waals surface area contributed by atoms with E-state index < -0.39 is 0 Å². The van der Waals surface area contributed by atoms with Crippen molar-refractivity contribution in [2.45, 2.75) is 32.4 Å². The number of nitrogens with zero attached hydrogens (tertiary/aromatic N) is 3. The van der Waals surface area contributed by atoms with Crippen LogP contribution in [0, 0.1) is 5.92 Å². The SMILES string of the molecule is C[C@H]1CCN(C(=O)NCCc2nccn2Cc2ccccc2)[C@H]1CO. The molecule has 3 rings (SSSR count). The van der Waals surface area contributed by atoms with Crippen LogP contribution < -0.4 is 5.32 Å². The Bertz CT molecular complexity index is 686. The molecule has 2 N–H and O–H groups in total. The molecule has 1 aromatic heterocycles. The van der Waals surface area contributed by atoms with Gasteiger partial charge < -0.3 is 19.9 Å². The Morgan fingerprint density at radius 3 is 2.92 bits per heavy atom. The van der Waals surface area contributed by atoms with E-state index in [0.717, 1.165) is 18.8 Å². The second-order valence-electron chi connectivity index (χ2n) is 6.65. The van der Waals surface area contributed by atoms with Crippen molar-refractivity contribution in [3.63, 3.8) is 0 Å². The first-order valence-corrected chi connectivity index (χ1v) is 8.88. The Morgan fingerprint density at radius 2 is 2.16 bits per heavy atom. The maximum Gasteiger partial charge on any atom is 0.317 e. The number of aliphatic hydroxyl groups is 1. The van der Waals surface area contributed by atoms with Crippen molar-refractivity contribution in [3.8, 4) is 0 Å². The van der Waals surface area contributed by atoms with Crippen molar-refractivity contribution in [2.75, 3.05) is 19.7 Å². The van der Waals surface area contributed by atoms with Gasteiger partial charge in [0.25, 0.3) is 0 Å². The minimum absolute atomic E-state index is 0.0239. The second-order valence-corrected chi connectivity index (χ2v) is 6.65. The van der Waals surface area contributed by atoms with Crippen LogP contribution >= 0.6 is 0 Å². The van der Waals surface area contributed by atoms with Gasteiger partial charge in [0.15, 0.2) is 0 Å². The molecule has 1 aromatic carbocycles. The predicted molar refractivity (Wildman–Crippen MR) is 96.2 cm³/mol. The number of carbonyl (C=O) groups is 1. The van der Waals surface area contributed by atoms with Gasteiger partial charge in [0, 0.05) is 38.4 Å². The molecular formula is C19H26N4O2. The Kier molecular flexibility index (Phi) is 5.71. The molecule has 0 bridgehead atoms. The van der Waals surface area contributed by atoms with Gasteiger partial charge in [-0.3, -0.25) is 0 Å². The summed E-state index contributed by atoms with van der Waals surface area (Å²) >= 11 is 0. The van der Waals surface area contributed by atoms with Crippen molar-refractivity contribution in [3.05, 3.63) is 54.1 Å². The van der Waals surface area contributed by atoms with Crippen LogP contribution in [-0.2, 0) is 13.0 Å². The minimum atomic E-state index is -0.0930. The van der Waals surface area contributed by atoms with E-state index in [0.29, 0.717) is 25.4 Å². The van der Waals surface area contributed by atoms with Gasteiger partial charge >= 0.3 is 6.03 Å². The quantitative estimate of drug-likeness (QED) is 0.842. The summed E-state index contributed by atoms with van der Waals surface area (Å²) in [6, 6.07) is 10.1. The number of benzene rings is 1. The van der Waals surface area contributed by atoms with Gasteiger partial charge in [-0.05, 0) is 17.9 Å². The summed E-state index contributed by atoms with van der Waals surface area (Å²) in [7, 11) is 0. The average Bonchev–Trinajstić information content (AvgIpc) is 3.22. The Morgan fingerprint density at radius 1 is 1.36 bits per heavy atom. The minimum Gasteiger partial charge on any atom is -0.394 e. The van der Waals surface area contributed by atoms with Gasteiger partial charge in [0.05, 0.1) is 12.6 Å². The largest absolute Gasteiger partial charge is 0.394 e. The fourth-order valence-corrected chi connectivity index (χ4v) is 3.41. The van der Waals surface area contributed by atoms with Crippen LogP contribution in [0.5, 0.6) is 0 Å². The lowest BCUT2D eigenvalue weighted by atomic mass is 10.0. The first-order valence-electron chi connectivity index (χ1n) is 8.88. The maximum absolute atomic E-state index is 12.3. The number of aliphatic hydroxyl groups excluding tert-OH is 1. The van der Waals surface area contributed by atoms with Crippen molar-refractivity contribution in [1.29, 1.82) is 0 Å². The van der Waals surface area contributed by atoms with E-state index in [4.69, 9.17) is 0 Å². The molecule has 0 saturated carbocycles. The molecule has 1 saturated heterocycles. The highest BCUT2D eigenvalue weighted by Crippen LogP contribution is 2.23. The van der Waals surface area contributed by atoms with E-state index in [-0.39, 0.29) is 18.7 Å². The Balaban J connectivity index is 1.51. The molecule has 6 nitrogen and oxygen atoms in total. The topological polar surface area (TPSA) is 70.4 Å². The van der Waals surface area contributed by atoms with Crippen LogP contribution in [-0.4, -0.2) is 51.3 Å². The number of nitrogens with one attached hydrogen (secondary N) is 1. The molecule has 1 aliphatic heterocycles. The first-order chi connectivity index (χ1) is 12.2. The lowest BCUT2D eigenvalue weighted by Gasteiger charge is -2.25. The van der Waals surface area contributed by atoms with Crippen molar-refractivity contribution in [1.82, 2.24) is 19.8 Å². The number of carbonyl (C=O) groups excluding carboxylic acids is 1. The number of urea groups is 1. The lowest BCUT2D eigenvalue weighted by molar-refractivity contribution is 0.144. The summed E-state index contributed by atoms with van der Waals surface area (Å²) in [5, 5.41) is 12.4. The van der Waals surface area contributed by atoms with Gasteiger partial charge in [-0.25, -0.2) is 9.78 Å². The van der Waals surface area contributed by atoms with Crippen molar-refractivity contribution < 1.29 is 9.90 Å². The third kappa shape index (κ3) is 4.20. The molecular weight excluding hydrogens is 316 g/mol. The van der Waals surface area contributed by atoms with Crippen LogP contribution in [0.3, 0.4) is 0 Å². The summed E-state index contributed by atoms with van der Waals surface area (Å²) in [4.78, 5) is 18.5. The lowest BCUT2D eigenvalue weighted by Crippen LogP contribution is -2.46. The van der Waals surface area contributed by atoms with Crippen LogP contribution in [0.4, 0.5) is 4.79 Å². The van der Waals surface area contributed by atoms with E-state index in [1.165, 1.54) is 5.56 Å². The number of hydrogen-bond acceptors (Lipinski definition) is 3. The third-order valence-corrected chi connectivity index (χ3v) is 4.95. The van der Waals surface area contributed by atoms with Gasteiger partial charge in [0.1, 0.15) is 5.82 Å². The molecule has 2 amide bonds. The zero-order valence-electron chi connectivity index (χ0n) is 14.6. The highest BCUT2D eigenvalue weighted by Gasteiger charge is 2.33. The molecule has 0 unspecified atom stereocenters. The van der Waals surface area contributed by atoms with Crippen LogP contribution in [0.2, 0.25) is 0 Å². The van der Waals surface area contributed by atoms with Crippen LogP contribution in [0.15, 0.2) is 42.7 Å². The normalized spacial score (nSPS) is 20.0. The van der Waals surface area contributed by atoms with E-state index >= 15 is 0 Å². The van der Waals surface area contributed by atoms with Gasteiger partial charge in [-0.2, -0.15) is 0 Å². The standard InChI is InChI=1S/C19H26N4O2/c1-15-8-11-23(17(15)14-24)19(25)21-9-7-18-20-10-12-22(18)13-16-5-3-2-4-6-16/h2-6,10,12,15,17,24H,7-9,11,13-14H2,1H3,(H,21,25)/t15-,17-/m0/s1. The zero-order chi connectivity index (χ0) is 17.6.